The topological polar surface area (TPSA) is 145 Å². The van der Waals surface area contributed by atoms with Crippen molar-refractivity contribution in [1.29, 1.82) is 10.8 Å². The van der Waals surface area contributed by atoms with Crippen molar-refractivity contribution in [3.63, 3.8) is 0 Å². The molecule has 0 bridgehead atoms. The number of amidine groups is 2. The van der Waals surface area contributed by atoms with Crippen LogP contribution < -0.4 is 16.2 Å². The fraction of sp³-hybridized carbons (Fsp3) is 0.111. The fourth-order valence-electron chi connectivity index (χ4n) is 2.63. The second kappa shape index (κ2) is 6.66. The Kier molecular flexibility index (Phi) is 4.40. The molecule has 7 nitrogen and oxygen atoms in total. The number of nitrogen functional groups attached to an aromatic ring is 2. The molecule has 3 rings (SSSR count). The summed E-state index contributed by atoms with van der Waals surface area (Å²) in [5.74, 6) is 0.485. The molecule has 0 atom stereocenters. The molecule has 1 aromatic heterocycles. The minimum absolute atomic E-state index is 0.0100. The maximum Gasteiger partial charge on any atom is 0.129 e. The summed E-state index contributed by atoms with van der Waals surface area (Å²) in [7, 11) is 0. The predicted molar refractivity (Wildman–Crippen MR) is 98.3 cm³/mol. The van der Waals surface area contributed by atoms with E-state index in [1.807, 2.05) is 24.3 Å². The molecule has 0 saturated carbocycles. The Labute approximate surface area is 144 Å². The number of benzene rings is 2. The number of aliphatic hydroxyl groups excluding tert-OH is 1. The average molecular weight is 337 g/mol. The second-order valence-corrected chi connectivity index (χ2v) is 5.60. The lowest BCUT2D eigenvalue weighted by atomic mass is 10.1. The van der Waals surface area contributed by atoms with Gasteiger partial charge in [-0.1, -0.05) is 18.2 Å². The molecule has 0 aliphatic rings. The van der Waals surface area contributed by atoms with E-state index in [0.717, 1.165) is 22.2 Å². The van der Waals surface area contributed by atoms with Crippen LogP contribution in [0.15, 0.2) is 42.5 Å². The van der Waals surface area contributed by atoms with E-state index in [2.05, 4.69) is 4.98 Å². The van der Waals surface area contributed by atoms with Gasteiger partial charge in [0.1, 0.15) is 24.0 Å². The number of H-pyrrole nitrogens is 1. The summed E-state index contributed by atoms with van der Waals surface area (Å²) in [5, 5.41) is 25.1. The molecule has 0 spiro atoms. The number of aromatic amines is 1. The van der Waals surface area contributed by atoms with Crippen molar-refractivity contribution in [2.24, 2.45) is 11.5 Å². The molecular formula is C18H19N5O2. The SMILES string of the molecule is N=C(N)c1ccc(-c2cc3ccc(C(=N)N)cc3[nH]2)c(OCCO)c1. The molecule has 0 aliphatic heterocycles. The van der Waals surface area contributed by atoms with E-state index >= 15 is 0 Å². The molecule has 25 heavy (non-hydrogen) atoms. The monoisotopic (exact) mass is 337 g/mol. The zero-order valence-electron chi connectivity index (χ0n) is 13.5. The first-order chi connectivity index (χ1) is 12.0. The zero-order valence-corrected chi connectivity index (χ0v) is 13.5. The van der Waals surface area contributed by atoms with Gasteiger partial charge >= 0.3 is 0 Å². The molecule has 0 amide bonds. The highest BCUT2D eigenvalue weighted by Crippen LogP contribution is 2.33. The second-order valence-electron chi connectivity index (χ2n) is 5.60. The molecular weight excluding hydrogens is 318 g/mol. The Balaban J connectivity index is 2.09. The molecule has 3 aromatic rings. The van der Waals surface area contributed by atoms with Crippen molar-refractivity contribution in [3.8, 4) is 17.0 Å². The van der Waals surface area contributed by atoms with E-state index in [1.54, 1.807) is 18.2 Å². The van der Waals surface area contributed by atoms with Crippen molar-refractivity contribution < 1.29 is 9.84 Å². The lowest BCUT2D eigenvalue weighted by Crippen LogP contribution is -2.12. The average Bonchev–Trinajstić information content (AvgIpc) is 3.02. The van der Waals surface area contributed by atoms with Crippen LogP contribution in [0.1, 0.15) is 11.1 Å². The quantitative estimate of drug-likeness (QED) is 0.301. The number of hydrogen-bond acceptors (Lipinski definition) is 4. The van der Waals surface area contributed by atoms with Gasteiger partial charge in [0, 0.05) is 27.6 Å². The first-order valence-electron chi connectivity index (χ1n) is 7.69. The molecule has 7 heteroatoms. The Morgan fingerprint density at radius 2 is 1.68 bits per heavy atom. The van der Waals surface area contributed by atoms with Gasteiger partial charge in [0.15, 0.2) is 0 Å². The smallest absolute Gasteiger partial charge is 0.129 e. The number of aliphatic hydroxyl groups is 1. The third-order valence-corrected chi connectivity index (χ3v) is 3.87. The van der Waals surface area contributed by atoms with Gasteiger partial charge < -0.3 is 26.3 Å². The molecule has 8 N–H and O–H groups in total. The first-order valence-corrected chi connectivity index (χ1v) is 7.69. The minimum atomic E-state index is -0.113. The summed E-state index contributed by atoms with van der Waals surface area (Å²) in [5.41, 5.74) is 14.7. The summed E-state index contributed by atoms with van der Waals surface area (Å²) in [4.78, 5) is 3.29. The minimum Gasteiger partial charge on any atom is -0.490 e. The fourth-order valence-corrected chi connectivity index (χ4v) is 2.63. The highest BCUT2D eigenvalue weighted by molar-refractivity contribution is 6.00. The van der Waals surface area contributed by atoms with Gasteiger partial charge in [-0.15, -0.1) is 0 Å². The van der Waals surface area contributed by atoms with Crippen molar-refractivity contribution in [2.75, 3.05) is 13.2 Å². The molecule has 2 aromatic carbocycles. The summed E-state index contributed by atoms with van der Waals surface area (Å²) in [6, 6.07) is 12.7. The van der Waals surface area contributed by atoms with Gasteiger partial charge in [0.05, 0.1) is 12.3 Å². The van der Waals surface area contributed by atoms with E-state index in [4.69, 9.17) is 32.1 Å². The van der Waals surface area contributed by atoms with Crippen molar-refractivity contribution >= 4 is 22.6 Å². The summed E-state index contributed by atoms with van der Waals surface area (Å²) in [6.45, 7) is 0.0292. The standard InChI is InChI=1S/C18H19N5O2/c19-17(20)11-2-1-10-7-15(23-14(10)8-11)13-4-3-12(18(21)22)9-16(13)25-6-5-24/h1-4,7-9,23-24H,5-6H2,(H3,19,20)(H3,21,22). The molecule has 0 aliphatic carbocycles. The van der Waals surface area contributed by atoms with Gasteiger partial charge in [-0.05, 0) is 24.3 Å². The number of rotatable bonds is 6. The number of nitrogens with two attached hydrogens (primary N) is 2. The maximum absolute atomic E-state index is 9.03. The van der Waals surface area contributed by atoms with Crippen LogP contribution in [-0.4, -0.2) is 35.0 Å². The van der Waals surface area contributed by atoms with E-state index in [-0.39, 0.29) is 24.9 Å². The molecule has 128 valence electrons. The van der Waals surface area contributed by atoms with Crippen LogP contribution in [-0.2, 0) is 0 Å². The van der Waals surface area contributed by atoms with Crippen LogP contribution in [0.25, 0.3) is 22.2 Å². The lowest BCUT2D eigenvalue weighted by Gasteiger charge is -2.11. The number of ether oxygens (including phenoxy) is 1. The Morgan fingerprint density at radius 3 is 2.36 bits per heavy atom. The van der Waals surface area contributed by atoms with Gasteiger partial charge in [-0.3, -0.25) is 10.8 Å². The number of fused-ring (bicyclic) bond motifs is 1. The summed E-state index contributed by atoms with van der Waals surface area (Å²) < 4.78 is 5.61. The van der Waals surface area contributed by atoms with Crippen molar-refractivity contribution in [3.05, 3.63) is 53.6 Å². The Morgan fingerprint density at radius 1 is 1.00 bits per heavy atom. The predicted octanol–water partition coefficient (Wildman–Crippen LogP) is 1.77. The van der Waals surface area contributed by atoms with Gasteiger partial charge in [-0.25, -0.2) is 0 Å². The molecule has 0 saturated heterocycles. The van der Waals surface area contributed by atoms with Gasteiger partial charge in [0.25, 0.3) is 0 Å². The van der Waals surface area contributed by atoms with Crippen LogP contribution in [0.3, 0.4) is 0 Å². The van der Waals surface area contributed by atoms with Crippen LogP contribution in [0, 0.1) is 10.8 Å². The van der Waals surface area contributed by atoms with E-state index in [0.29, 0.717) is 16.9 Å². The van der Waals surface area contributed by atoms with Crippen LogP contribution in [0.4, 0.5) is 0 Å². The van der Waals surface area contributed by atoms with Crippen molar-refractivity contribution in [2.45, 2.75) is 0 Å². The largest absolute Gasteiger partial charge is 0.490 e. The number of aromatic nitrogens is 1. The Bertz CT molecular complexity index is 961. The highest BCUT2D eigenvalue weighted by atomic mass is 16.5. The van der Waals surface area contributed by atoms with Crippen molar-refractivity contribution in [1.82, 2.24) is 4.98 Å². The lowest BCUT2D eigenvalue weighted by molar-refractivity contribution is 0.202. The van der Waals surface area contributed by atoms with E-state index in [9.17, 15) is 0 Å². The third kappa shape index (κ3) is 3.31. The van der Waals surface area contributed by atoms with Gasteiger partial charge in [-0.2, -0.15) is 0 Å². The maximum atomic E-state index is 9.03. The number of nitrogens with one attached hydrogen (secondary N) is 3. The molecule has 0 fully saturated rings. The normalized spacial score (nSPS) is 10.8. The van der Waals surface area contributed by atoms with E-state index in [1.165, 1.54) is 0 Å². The zero-order chi connectivity index (χ0) is 18.0. The highest BCUT2D eigenvalue weighted by Gasteiger charge is 2.12. The molecule has 1 heterocycles. The molecule has 0 unspecified atom stereocenters. The summed E-state index contributed by atoms with van der Waals surface area (Å²) in [6.07, 6.45) is 0. The van der Waals surface area contributed by atoms with Crippen LogP contribution >= 0.6 is 0 Å². The third-order valence-electron chi connectivity index (χ3n) is 3.87. The summed E-state index contributed by atoms with van der Waals surface area (Å²) >= 11 is 0. The number of hydrogen-bond donors (Lipinski definition) is 6. The van der Waals surface area contributed by atoms with Gasteiger partial charge in [0.2, 0.25) is 0 Å². The van der Waals surface area contributed by atoms with Crippen LogP contribution in [0.5, 0.6) is 5.75 Å². The first kappa shape index (κ1) is 16.5. The Hall–Kier alpha value is -3.32. The van der Waals surface area contributed by atoms with E-state index < -0.39 is 0 Å². The van der Waals surface area contributed by atoms with Crippen LogP contribution in [0.2, 0.25) is 0 Å². The molecule has 0 radical (unpaired) electrons.